The number of alkyl halides is 1. The summed E-state index contributed by atoms with van der Waals surface area (Å²) in [5.74, 6) is 0.474. The van der Waals surface area contributed by atoms with E-state index in [1.807, 2.05) is 59.3 Å². The van der Waals surface area contributed by atoms with Crippen LogP contribution >= 0.6 is 22.6 Å². The molecule has 1 heterocycles. The lowest BCUT2D eigenvalue weighted by Crippen LogP contribution is -2.20. The van der Waals surface area contributed by atoms with E-state index in [1.54, 1.807) is 12.5 Å². The molecule has 122 valence electrons. The number of amides is 1. The van der Waals surface area contributed by atoms with Crippen LogP contribution in [0.3, 0.4) is 0 Å². The average Bonchev–Trinajstić information content (AvgIpc) is 3.15. The fourth-order valence-electron chi connectivity index (χ4n) is 2.22. The Labute approximate surface area is 153 Å². The van der Waals surface area contributed by atoms with Crippen molar-refractivity contribution in [2.24, 2.45) is 0 Å². The first kappa shape index (κ1) is 16.5. The van der Waals surface area contributed by atoms with Gasteiger partial charge >= 0.3 is 0 Å². The van der Waals surface area contributed by atoms with E-state index in [1.165, 1.54) is 0 Å². The number of hydrogen-bond acceptors (Lipinski definition) is 3. The summed E-state index contributed by atoms with van der Waals surface area (Å²) in [6, 6.07) is 15.3. The molecule has 0 spiro atoms. The molecule has 5 nitrogen and oxygen atoms in total. The number of nitrogens with one attached hydrogen (secondary N) is 1. The lowest BCUT2D eigenvalue weighted by Gasteiger charge is -2.10. The van der Waals surface area contributed by atoms with Crippen molar-refractivity contribution in [3.05, 3.63) is 72.8 Å². The molecule has 0 saturated heterocycles. The number of hydrogen-bond donors (Lipinski definition) is 1. The third-order valence-corrected chi connectivity index (χ3v) is 4.27. The van der Waals surface area contributed by atoms with Gasteiger partial charge in [-0.15, -0.1) is 0 Å². The van der Waals surface area contributed by atoms with Crippen LogP contribution in [-0.2, 0) is 9.22 Å². The Morgan fingerprint density at radius 1 is 1.17 bits per heavy atom. The third-order valence-electron chi connectivity index (χ3n) is 3.44. The van der Waals surface area contributed by atoms with Crippen molar-refractivity contribution >= 4 is 34.2 Å². The quantitative estimate of drug-likeness (QED) is 0.475. The van der Waals surface area contributed by atoms with Crippen molar-refractivity contribution in [2.75, 3.05) is 11.9 Å². The van der Waals surface area contributed by atoms with E-state index in [2.05, 4.69) is 32.9 Å². The van der Waals surface area contributed by atoms with Gasteiger partial charge in [0.1, 0.15) is 5.75 Å². The number of ether oxygens (including phenoxy) is 1. The Morgan fingerprint density at radius 2 is 1.96 bits per heavy atom. The Bertz CT molecular complexity index is 801. The summed E-state index contributed by atoms with van der Waals surface area (Å²) < 4.78 is 8.29. The van der Waals surface area contributed by atoms with E-state index in [0.29, 0.717) is 5.75 Å². The number of imidazole rings is 1. The SMILES string of the molecule is O=C(COc1ccc(-n2ccnc2)cc1)Nc1ccccc1CI. The van der Waals surface area contributed by atoms with Crippen molar-refractivity contribution in [1.82, 2.24) is 9.55 Å². The highest BCUT2D eigenvalue weighted by molar-refractivity contribution is 14.1. The van der Waals surface area contributed by atoms with E-state index < -0.39 is 0 Å². The molecule has 0 aliphatic heterocycles. The van der Waals surface area contributed by atoms with Crippen molar-refractivity contribution in [2.45, 2.75) is 4.43 Å². The van der Waals surface area contributed by atoms with Crippen molar-refractivity contribution < 1.29 is 9.53 Å². The Kier molecular flexibility index (Phi) is 5.47. The molecule has 2 aromatic carbocycles. The molecule has 3 aromatic rings. The Hall–Kier alpha value is -2.35. The van der Waals surface area contributed by atoms with Crippen molar-refractivity contribution in [3.8, 4) is 11.4 Å². The fourth-order valence-corrected chi connectivity index (χ4v) is 2.89. The number of anilines is 1. The van der Waals surface area contributed by atoms with E-state index in [0.717, 1.165) is 21.4 Å². The standard InChI is InChI=1S/C18H16IN3O2/c19-11-14-3-1-2-4-17(14)21-18(23)12-24-16-7-5-15(6-8-16)22-10-9-20-13-22/h1-10,13H,11-12H2,(H,21,23). The highest BCUT2D eigenvalue weighted by atomic mass is 127. The van der Waals surface area contributed by atoms with Crippen LogP contribution in [-0.4, -0.2) is 22.1 Å². The zero-order valence-electron chi connectivity index (χ0n) is 12.9. The van der Waals surface area contributed by atoms with E-state index >= 15 is 0 Å². The predicted octanol–water partition coefficient (Wildman–Crippen LogP) is 3.82. The van der Waals surface area contributed by atoms with Gasteiger partial charge < -0.3 is 14.6 Å². The number of nitrogens with zero attached hydrogens (tertiary/aromatic N) is 2. The molecule has 24 heavy (non-hydrogen) atoms. The Balaban J connectivity index is 1.56. The molecule has 0 radical (unpaired) electrons. The zero-order valence-corrected chi connectivity index (χ0v) is 15.0. The number of para-hydroxylation sites is 1. The molecule has 0 aliphatic carbocycles. The van der Waals surface area contributed by atoms with Gasteiger partial charge in [-0.1, -0.05) is 40.8 Å². The minimum Gasteiger partial charge on any atom is -0.484 e. The van der Waals surface area contributed by atoms with Gasteiger partial charge in [-0.25, -0.2) is 4.98 Å². The molecule has 1 amide bonds. The van der Waals surface area contributed by atoms with Crippen LogP contribution in [0.4, 0.5) is 5.69 Å². The number of rotatable bonds is 6. The van der Waals surface area contributed by atoms with Crippen LogP contribution in [0.5, 0.6) is 5.75 Å². The van der Waals surface area contributed by atoms with E-state index in [-0.39, 0.29) is 12.5 Å². The zero-order chi connectivity index (χ0) is 16.8. The molecule has 0 bridgehead atoms. The second-order valence-corrected chi connectivity index (χ2v) is 5.85. The number of halogens is 1. The number of benzene rings is 2. The van der Waals surface area contributed by atoms with Crippen LogP contribution in [0.1, 0.15) is 5.56 Å². The molecule has 0 aliphatic rings. The number of aromatic nitrogens is 2. The molecule has 3 rings (SSSR count). The maximum absolute atomic E-state index is 12.1. The van der Waals surface area contributed by atoms with E-state index in [4.69, 9.17) is 4.74 Å². The molecular weight excluding hydrogens is 417 g/mol. The van der Waals surface area contributed by atoms with Gasteiger partial charge in [-0.05, 0) is 35.9 Å². The Morgan fingerprint density at radius 3 is 2.67 bits per heavy atom. The topological polar surface area (TPSA) is 56.2 Å². The van der Waals surface area contributed by atoms with Crippen LogP contribution < -0.4 is 10.1 Å². The van der Waals surface area contributed by atoms with Gasteiger partial charge in [0.25, 0.3) is 5.91 Å². The normalized spacial score (nSPS) is 10.4. The van der Waals surface area contributed by atoms with Gasteiger partial charge in [0.2, 0.25) is 0 Å². The maximum atomic E-state index is 12.1. The minimum atomic E-state index is -0.175. The summed E-state index contributed by atoms with van der Waals surface area (Å²) >= 11 is 2.27. The smallest absolute Gasteiger partial charge is 0.262 e. The first-order valence-electron chi connectivity index (χ1n) is 7.41. The summed E-state index contributed by atoms with van der Waals surface area (Å²) in [6.07, 6.45) is 5.32. The van der Waals surface area contributed by atoms with Gasteiger partial charge in [0.05, 0.1) is 6.33 Å². The van der Waals surface area contributed by atoms with Crippen LogP contribution in [0.15, 0.2) is 67.3 Å². The molecule has 0 unspecified atom stereocenters. The van der Waals surface area contributed by atoms with Crippen molar-refractivity contribution in [3.63, 3.8) is 0 Å². The van der Waals surface area contributed by atoms with Crippen molar-refractivity contribution in [1.29, 1.82) is 0 Å². The minimum absolute atomic E-state index is 0.0278. The average molecular weight is 433 g/mol. The van der Waals surface area contributed by atoms with Gasteiger partial charge in [0.15, 0.2) is 6.61 Å². The predicted molar refractivity (Wildman–Crippen MR) is 102 cm³/mol. The highest BCUT2D eigenvalue weighted by Crippen LogP contribution is 2.18. The third kappa shape index (κ3) is 4.14. The van der Waals surface area contributed by atoms with Gasteiger partial charge in [-0.2, -0.15) is 0 Å². The summed E-state index contributed by atoms with van der Waals surface area (Å²) in [6.45, 7) is -0.0278. The molecule has 6 heteroatoms. The monoisotopic (exact) mass is 433 g/mol. The first-order chi connectivity index (χ1) is 11.8. The summed E-state index contributed by atoms with van der Waals surface area (Å²) in [4.78, 5) is 16.1. The summed E-state index contributed by atoms with van der Waals surface area (Å²) in [5, 5.41) is 2.88. The van der Waals surface area contributed by atoms with E-state index in [9.17, 15) is 4.79 Å². The second kappa shape index (κ2) is 7.96. The lowest BCUT2D eigenvalue weighted by atomic mass is 10.2. The van der Waals surface area contributed by atoms with Gasteiger partial charge in [-0.3, -0.25) is 4.79 Å². The van der Waals surface area contributed by atoms with Crippen LogP contribution in [0, 0.1) is 0 Å². The molecule has 1 N–H and O–H groups in total. The maximum Gasteiger partial charge on any atom is 0.262 e. The summed E-state index contributed by atoms with van der Waals surface area (Å²) in [7, 11) is 0. The second-order valence-electron chi connectivity index (χ2n) is 5.09. The largest absolute Gasteiger partial charge is 0.484 e. The molecule has 0 fully saturated rings. The number of carbonyl (C=O) groups is 1. The molecule has 0 atom stereocenters. The molecular formula is C18H16IN3O2. The lowest BCUT2D eigenvalue weighted by molar-refractivity contribution is -0.118. The number of carbonyl (C=O) groups excluding carboxylic acids is 1. The van der Waals surface area contributed by atoms with Crippen LogP contribution in [0.2, 0.25) is 0 Å². The van der Waals surface area contributed by atoms with Crippen LogP contribution in [0.25, 0.3) is 5.69 Å². The summed E-state index contributed by atoms with van der Waals surface area (Å²) in [5.41, 5.74) is 2.91. The first-order valence-corrected chi connectivity index (χ1v) is 8.94. The molecule has 1 aromatic heterocycles. The fraction of sp³-hybridized carbons (Fsp3) is 0.111. The molecule has 0 saturated carbocycles. The highest BCUT2D eigenvalue weighted by Gasteiger charge is 2.07. The van der Waals surface area contributed by atoms with Gasteiger partial charge in [0, 0.05) is 28.2 Å².